The Hall–Kier alpha value is -2.30. The first kappa shape index (κ1) is 15.1. The molecule has 1 amide bonds. The number of aryl methyl sites for hydroxylation is 2. The van der Waals surface area contributed by atoms with Crippen LogP contribution in [-0.2, 0) is 17.8 Å². The second-order valence-corrected chi connectivity index (χ2v) is 5.36. The summed E-state index contributed by atoms with van der Waals surface area (Å²) >= 11 is 0. The molecule has 0 radical (unpaired) electrons. The molecule has 0 unspecified atom stereocenters. The molecule has 0 atom stereocenters. The summed E-state index contributed by atoms with van der Waals surface area (Å²) in [6.07, 6.45) is 3.00. The third-order valence-electron chi connectivity index (χ3n) is 3.50. The molecule has 112 valence electrons. The standard InChI is InChI=1S/C16H22N4O/c1-12-14(11-18-19-12)10-17-16(21)9-6-13-4-7-15(8-5-13)20(2)3/h4-5,7-8,11H,6,9-10H2,1-3H3,(H,17,21)(H,18,19). The van der Waals surface area contributed by atoms with E-state index in [4.69, 9.17) is 0 Å². The van der Waals surface area contributed by atoms with Crippen molar-refractivity contribution in [1.29, 1.82) is 0 Å². The highest BCUT2D eigenvalue weighted by atomic mass is 16.1. The number of carbonyl (C=O) groups is 1. The number of carbonyl (C=O) groups excluding carboxylic acids is 1. The van der Waals surface area contributed by atoms with E-state index in [1.54, 1.807) is 6.20 Å². The van der Waals surface area contributed by atoms with Gasteiger partial charge in [0.05, 0.1) is 6.20 Å². The van der Waals surface area contributed by atoms with E-state index < -0.39 is 0 Å². The van der Waals surface area contributed by atoms with Crippen molar-refractivity contribution in [2.45, 2.75) is 26.3 Å². The number of nitrogens with one attached hydrogen (secondary N) is 2. The normalized spacial score (nSPS) is 10.4. The molecule has 5 nitrogen and oxygen atoms in total. The first-order chi connectivity index (χ1) is 10.1. The van der Waals surface area contributed by atoms with Gasteiger partial charge < -0.3 is 10.2 Å². The molecule has 0 fully saturated rings. The van der Waals surface area contributed by atoms with Crippen molar-refractivity contribution >= 4 is 11.6 Å². The van der Waals surface area contributed by atoms with Gasteiger partial charge in [0.25, 0.3) is 0 Å². The highest BCUT2D eigenvalue weighted by molar-refractivity contribution is 5.76. The third-order valence-corrected chi connectivity index (χ3v) is 3.50. The predicted octanol–water partition coefficient (Wildman–Crippen LogP) is 2.03. The Morgan fingerprint density at radius 1 is 1.29 bits per heavy atom. The maximum absolute atomic E-state index is 11.8. The maximum atomic E-state index is 11.8. The number of rotatable bonds is 6. The van der Waals surface area contributed by atoms with Crippen molar-refractivity contribution in [3.05, 3.63) is 47.3 Å². The quantitative estimate of drug-likeness (QED) is 0.854. The monoisotopic (exact) mass is 286 g/mol. The fourth-order valence-corrected chi connectivity index (χ4v) is 2.05. The SMILES string of the molecule is Cc1[nH]ncc1CNC(=O)CCc1ccc(N(C)C)cc1. The van der Waals surface area contributed by atoms with E-state index in [1.807, 2.05) is 21.0 Å². The highest BCUT2D eigenvalue weighted by Gasteiger charge is 2.05. The number of aromatic nitrogens is 2. The molecule has 0 aliphatic carbocycles. The van der Waals surface area contributed by atoms with E-state index in [0.29, 0.717) is 13.0 Å². The Labute approximate surface area is 125 Å². The largest absolute Gasteiger partial charge is 0.378 e. The minimum Gasteiger partial charge on any atom is -0.378 e. The van der Waals surface area contributed by atoms with Gasteiger partial charge >= 0.3 is 0 Å². The Balaban J connectivity index is 1.77. The number of aromatic amines is 1. The van der Waals surface area contributed by atoms with Crippen LogP contribution in [0.25, 0.3) is 0 Å². The molecule has 0 saturated heterocycles. The van der Waals surface area contributed by atoms with Gasteiger partial charge in [-0.05, 0) is 31.0 Å². The molecular weight excluding hydrogens is 264 g/mol. The van der Waals surface area contributed by atoms with Crippen LogP contribution in [-0.4, -0.2) is 30.2 Å². The molecule has 0 aliphatic rings. The zero-order valence-electron chi connectivity index (χ0n) is 12.8. The van der Waals surface area contributed by atoms with Crippen LogP contribution in [0.5, 0.6) is 0 Å². The second kappa shape index (κ2) is 6.92. The lowest BCUT2D eigenvalue weighted by Gasteiger charge is -2.12. The van der Waals surface area contributed by atoms with E-state index in [1.165, 1.54) is 11.3 Å². The minimum atomic E-state index is 0.0623. The van der Waals surface area contributed by atoms with Crippen LogP contribution in [0.15, 0.2) is 30.5 Å². The van der Waals surface area contributed by atoms with Gasteiger partial charge in [0.15, 0.2) is 0 Å². The average Bonchev–Trinajstić information content (AvgIpc) is 2.88. The highest BCUT2D eigenvalue weighted by Crippen LogP contribution is 2.13. The number of nitrogens with zero attached hydrogens (tertiary/aromatic N) is 2. The van der Waals surface area contributed by atoms with Gasteiger partial charge in [0.2, 0.25) is 5.91 Å². The van der Waals surface area contributed by atoms with Gasteiger partial charge in [-0.25, -0.2) is 0 Å². The van der Waals surface area contributed by atoms with Crippen LogP contribution in [0.2, 0.25) is 0 Å². The van der Waals surface area contributed by atoms with Crippen LogP contribution in [0, 0.1) is 6.92 Å². The summed E-state index contributed by atoms with van der Waals surface area (Å²) in [5.74, 6) is 0.0623. The summed E-state index contributed by atoms with van der Waals surface area (Å²) < 4.78 is 0. The second-order valence-electron chi connectivity index (χ2n) is 5.36. The molecule has 1 aromatic carbocycles. The van der Waals surface area contributed by atoms with Gasteiger partial charge in [-0.15, -0.1) is 0 Å². The summed E-state index contributed by atoms with van der Waals surface area (Å²) in [5, 5.41) is 9.71. The van der Waals surface area contributed by atoms with Crippen molar-refractivity contribution in [2.24, 2.45) is 0 Å². The molecule has 5 heteroatoms. The molecule has 1 aromatic heterocycles. The van der Waals surface area contributed by atoms with E-state index >= 15 is 0 Å². The molecule has 0 spiro atoms. The Morgan fingerprint density at radius 2 is 2.00 bits per heavy atom. The van der Waals surface area contributed by atoms with Crippen LogP contribution in [0.4, 0.5) is 5.69 Å². The number of benzene rings is 1. The molecule has 21 heavy (non-hydrogen) atoms. The lowest BCUT2D eigenvalue weighted by molar-refractivity contribution is -0.121. The topological polar surface area (TPSA) is 61.0 Å². The van der Waals surface area contributed by atoms with E-state index in [9.17, 15) is 4.79 Å². The molecule has 0 aliphatic heterocycles. The first-order valence-electron chi connectivity index (χ1n) is 7.08. The number of anilines is 1. The lowest BCUT2D eigenvalue weighted by atomic mass is 10.1. The van der Waals surface area contributed by atoms with Gasteiger partial charge in [-0.3, -0.25) is 9.89 Å². The smallest absolute Gasteiger partial charge is 0.220 e. The lowest BCUT2D eigenvalue weighted by Crippen LogP contribution is -2.23. The summed E-state index contributed by atoms with van der Waals surface area (Å²) in [4.78, 5) is 13.9. The summed E-state index contributed by atoms with van der Waals surface area (Å²) in [6.45, 7) is 2.47. The van der Waals surface area contributed by atoms with Crippen LogP contribution in [0.1, 0.15) is 23.2 Å². The minimum absolute atomic E-state index is 0.0623. The molecule has 2 rings (SSSR count). The number of hydrogen-bond acceptors (Lipinski definition) is 3. The number of hydrogen-bond donors (Lipinski definition) is 2. The third kappa shape index (κ3) is 4.34. The summed E-state index contributed by atoms with van der Waals surface area (Å²) in [6, 6.07) is 8.29. The van der Waals surface area contributed by atoms with Gasteiger partial charge in [-0.1, -0.05) is 12.1 Å². The van der Waals surface area contributed by atoms with Crippen molar-refractivity contribution in [3.8, 4) is 0 Å². The average molecular weight is 286 g/mol. The summed E-state index contributed by atoms with van der Waals surface area (Å²) in [5.41, 5.74) is 4.36. The van der Waals surface area contributed by atoms with Crippen molar-refractivity contribution in [1.82, 2.24) is 15.5 Å². The molecular formula is C16H22N4O. The maximum Gasteiger partial charge on any atom is 0.220 e. The van der Waals surface area contributed by atoms with Crippen LogP contribution in [0.3, 0.4) is 0 Å². The summed E-state index contributed by atoms with van der Waals surface area (Å²) in [7, 11) is 4.03. The molecule has 1 heterocycles. The van der Waals surface area contributed by atoms with Gasteiger partial charge in [-0.2, -0.15) is 5.10 Å². The Morgan fingerprint density at radius 3 is 2.57 bits per heavy atom. The molecule has 2 N–H and O–H groups in total. The van der Waals surface area contributed by atoms with Crippen molar-refractivity contribution in [2.75, 3.05) is 19.0 Å². The van der Waals surface area contributed by atoms with Crippen LogP contribution >= 0.6 is 0 Å². The number of H-pyrrole nitrogens is 1. The van der Waals surface area contributed by atoms with E-state index in [-0.39, 0.29) is 5.91 Å². The van der Waals surface area contributed by atoms with Crippen LogP contribution < -0.4 is 10.2 Å². The first-order valence-corrected chi connectivity index (χ1v) is 7.08. The van der Waals surface area contributed by atoms with Crippen molar-refractivity contribution < 1.29 is 4.79 Å². The fraction of sp³-hybridized carbons (Fsp3) is 0.375. The fourth-order valence-electron chi connectivity index (χ4n) is 2.05. The zero-order valence-corrected chi connectivity index (χ0v) is 12.8. The Kier molecular flexibility index (Phi) is 4.98. The van der Waals surface area contributed by atoms with E-state index in [0.717, 1.165) is 17.7 Å². The molecule has 0 bridgehead atoms. The van der Waals surface area contributed by atoms with Crippen molar-refractivity contribution in [3.63, 3.8) is 0 Å². The van der Waals surface area contributed by atoms with E-state index in [2.05, 4.69) is 44.7 Å². The Bertz CT molecular complexity index is 587. The molecule has 0 saturated carbocycles. The molecule has 2 aromatic rings. The van der Waals surface area contributed by atoms with Gasteiger partial charge in [0.1, 0.15) is 0 Å². The number of amides is 1. The van der Waals surface area contributed by atoms with Gasteiger partial charge in [0, 0.05) is 44.0 Å². The predicted molar refractivity (Wildman–Crippen MR) is 84.3 cm³/mol. The zero-order chi connectivity index (χ0) is 15.2.